The Balaban J connectivity index is 1.66. The molecule has 1 aliphatic rings. The van der Waals surface area contributed by atoms with Gasteiger partial charge in [-0.25, -0.2) is 0 Å². The first kappa shape index (κ1) is 20.6. The van der Waals surface area contributed by atoms with Gasteiger partial charge >= 0.3 is 0 Å². The van der Waals surface area contributed by atoms with Crippen molar-refractivity contribution in [1.29, 1.82) is 0 Å². The van der Waals surface area contributed by atoms with E-state index in [1.165, 1.54) is 9.75 Å². The fourth-order valence-electron chi connectivity index (χ4n) is 3.80. The normalized spacial score (nSPS) is 13.9. The molecule has 1 aliphatic heterocycles. The van der Waals surface area contributed by atoms with Gasteiger partial charge in [-0.3, -0.25) is 4.90 Å². The maximum atomic E-state index is 6.12. The maximum absolute atomic E-state index is 6.12. The van der Waals surface area contributed by atoms with Gasteiger partial charge in [0.2, 0.25) is 0 Å². The topological polar surface area (TPSA) is 40.2 Å². The summed E-state index contributed by atoms with van der Waals surface area (Å²) < 4.78 is 22.8. The maximum Gasteiger partial charge on any atom is 0.165 e. The smallest absolute Gasteiger partial charge is 0.165 e. The van der Waals surface area contributed by atoms with Crippen molar-refractivity contribution < 1.29 is 18.9 Å². The Morgan fingerprint density at radius 3 is 2.50 bits per heavy atom. The fourth-order valence-corrected chi connectivity index (χ4v) is 4.66. The van der Waals surface area contributed by atoms with Crippen LogP contribution in [0.1, 0.15) is 16.0 Å². The monoisotopic (exact) mass is 425 g/mol. The Morgan fingerprint density at radius 2 is 1.80 bits per heavy atom. The second-order valence-electron chi connectivity index (χ2n) is 7.31. The summed E-state index contributed by atoms with van der Waals surface area (Å²) in [5.74, 6) is 3.32. The van der Waals surface area contributed by atoms with Gasteiger partial charge in [-0.1, -0.05) is 0 Å². The van der Waals surface area contributed by atoms with Crippen molar-refractivity contribution in [2.24, 2.45) is 0 Å². The van der Waals surface area contributed by atoms with Crippen molar-refractivity contribution in [1.82, 2.24) is 4.90 Å². The van der Waals surface area contributed by atoms with Crippen LogP contribution in [0.15, 0.2) is 42.5 Å². The third-order valence-corrected chi connectivity index (χ3v) is 6.36. The number of methoxy groups -OCH3 is 3. The zero-order valence-corrected chi connectivity index (χ0v) is 18.7. The Labute approximate surface area is 181 Å². The Hall–Kier alpha value is -2.70. The number of ether oxygens (including phenoxy) is 4. The molecule has 30 heavy (non-hydrogen) atoms. The predicted octanol–water partition coefficient (Wildman–Crippen LogP) is 5.14. The lowest BCUT2D eigenvalue weighted by atomic mass is 10.1. The van der Waals surface area contributed by atoms with E-state index in [0.29, 0.717) is 6.61 Å². The minimum absolute atomic E-state index is 0.604. The van der Waals surface area contributed by atoms with E-state index >= 15 is 0 Å². The molecular formula is C24H27NO4S. The first-order chi connectivity index (χ1) is 14.6. The molecule has 0 N–H and O–H groups in total. The van der Waals surface area contributed by atoms with E-state index < -0.39 is 0 Å². The van der Waals surface area contributed by atoms with Crippen LogP contribution in [0, 0.1) is 6.92 Å². The van der Waals surface area contributed by atoms with Gasteiger partial charge in [-0.2, -0.15) is 0 Å². The number of aryl methyl sites for hydroxylation is 1. The minimum atomic E-state index is 0.604. The number of hydrogen-bond acceptors (Lipinski definition) is 6. The average molecular weight is 426 g/mol. The molecule has 0 radical (unpaired) electrons. The molecule has 0 atom stereocenters. The van der Waals surface area contributed by atoms with Gasteiger partial charge < -0.3 is 18.9 Å². The molecule has 0 amide bonds. The molecule has 0 unspecified atom stereocenters. The van der Waals surface area contributed by atoms with Gasteiger partial charge in [0.1, 0.15) is 18.1 Å². The van der Waals surface area contributed by atoms with Gasteiger partial charge in [0, 0.05) is 40.5 Å². The molecule has 3 aromatic rings. The van der Waals surface area contributed by atoms with Crippen molar-refractivity contribution >= 4 is 11.3 Å². The van der Waals surface area contributed by atoms with Gasteiger partial charge in [-0.05, 0) is 55.0 Å². The van der Waals surface area contributed by atoms with Crippen LogP contribution in [0.2, 0.25) is 0 Å². The van der Waals surface area contributed by atoms with Gasteiger partial charge in [0.05, 0.1) is 21.3 Å². The Bertz CT molecular complexity index is 1030. The number of nitrogens with zero attached hydrogens (tertiary/aromatic N) is 1. The summed E-state index contributed by atoms with van der Waals surface area (Å²) in [5.41, 5.74) is 3.39. The number of fused-ring (bicyclic) bond motifs is 1. The van der Waals surface area contributed by atoms with Crippen LogP contribution in [-0.2, 0) is 13.1 Å². The molecule has 4 rings (SSSR count). The van der Waals surface area contributed by atoms with Crippen LogP contribution >= 0.6 is 11.3 Å². The standard InChI is InChI=1S/C24H27NO4S/c1-16-5-8-23(30-16)17-11-19-15-25(9-10-29-24(19)22(13-17)28-4)14-18-12-20(26-2)6-7-21(18)27-3/h5-8,11-13H,9-10,14-15H2,1-4H3. The molecule has 6 heteroatoms. The predicted molar refractivity (Wildman–Crippen MR) is 120 cm³/mol. The lowest BCUT2D eigenvalue weighted by Crippen LogP contribution is -2.25. The van der Waals surface area contributed by atoms with Crippen molar-refractivity contribution in [2.45, 2.75) is 20.0 Å². The lowest BCUT2D eigenvalue weighted by molar-refractivity contribution is 0.214. The number of benzene rings is 2. The van der Waals surface area contributed by atoms with Crippen molar-refractivity contribution in [3.63, 3.8) is 0 Å². The second-order valence-corrected chi connectivity index (χ2v) is 8.60. The number of rotatable bonds is 6. The number of hydrogen-bond donors (Lipinski definition) is 0. The van der Waals surface area contributed by atoms with Crippen molar-refractivity contribution in [2.75, 3.05) is 34.5 Å². The van der Waals surface area contributed by atoms with Crippen molar-refractivity contribution in [3.05, 3.63) is 58.5 Å². The summed E-state index contributed by atoms with van der Waals surface area (Å²) in [4.78, 5) is 4.90. The molecule has 0 saturated heterocycles. The summed E-state index contributed by atoms with van der Waals surface area (Å²) in [5, 5.41) is 0. The lowest BCUT2D eigenvalue weighted by Gasteiger charge is -2.21. The molecule has 2 aromatic carbocycles. The largest absolute Gasteiger partial charge is 0.497 e. The highest BCUT2D eigenvalue weighted by atomic mass is 32.1. The number of thiophene rings is 1. The van der Waals surface area contributed by atoms with Gasteiger partial charge in [-0.15, -0.1) is 11.3 Å². The van der Waals surface area contributed by atoms with E-state index in [2.05, 4.69) is 36.1 Å². The average Bonchev–Trinajstić information content (AvgIpc) is 3.09. The van der Waals surface area contributed by atoms with Crippen LogP contribution < -0.4 is 18.9 Å². The molecule has 0 fully saturated rings. The van der Waals surface area contributed by atoms with E-state index in [4.69, 9.17) is 18.9 Å². The van der Waals surface area contributed by atoms with E-state index in [9.17, 15) is 0 Å². The molecule has 0 aliphatic carbocycles. The first-order valence-electron chi connectivity index (χ1n) is 9.95. The highest BCUT2D eigenvalue weighted by molar-refractivity contribution is 7.15. The zero-order chi connectivity index (χ0) is 21.1. The third kappa shape index (κ3) is 4.25. The summed E-state index contributed by atoms with van der Waals surface area (Å²) in [6, 6.07) is 14.5. The zero-order valence-electron chi connectivity index (χ0n) is 17.9. The quantitative estimate of drug-likeness (QED) is 0.547. The van der Waals surface area contributed by atoms with E-state index in [1.54, 1.807) is 32.7 Å². The summed E-state index contributed by atoms with van der Waals surface area (Å²) in [6.07, 6.45) is 0. The minimum Gasteiger partial charge on any atom is -0.497 e. The summed E-state index contributed by atoms with van der Waals surface area (Å²) in [7, 11) is 5.08. The van der Waals surface area contributed by atoms with Gasteiger partial charge in [0.15, 0.2) is 11.5 Å². The Kier molecular flexibility index (Phi) is 6.16. The van der Waals surface area contributed by atoms with Gasteiger partial charge in [0.25, 0.3) is 0 Å². The molecule has 2 heterocycles. The van der Waals surface area contributed by atoms with Crippen LogP contribution in [-0.4, -0.2) is 39.4 Å². The summed E-state index contributed by atoms with van der Waals surface area (Å²) >= 11 is 1.79. The molecule has 0 spiro atoms. The van der Waals surface area contributed by atoms with E-state index in [-0.39, 0.29) is 0 Å². The van der Waals surface area contributed by atoms with Crippen LogP contribution in [0.4, 0.5) is 0 Å². The fraction of sp³-hybridized carbons (Fsp3) is 0.333. The van der Waals surface area contributed by atoms with Crippen LogP contribution in [0.25, 0.3) is 10.4 Å². The van der Waals surface area contributed by atoms with Crippen molar-refractivity contribution in [3.8, 4) is 33.4 Å². The highest BCUT2D eigenvalue weighted by Crippen LogP contribution is 2.40. The first-order valence-corrected chi connectivity index (χ1v) is 10.8. The molecule has 0 saturated carbocycles. The van der Waals surface area contributed by atoms with Crippen LogP contribution in [0.3, 0.4) is 0 Å². The molecular weight excluding hydrogens is 398 g/mol. The van der Waals surface area contributed by atoms with Crippen LogP contribution in [0.5, 0.6) is 23.0 Å². The molecule has 158 valence electrons. The molecule has 0 bridgehead atoms. The summed E-state index contributed by atoms with van der Waals surface area (Å²) in [6.45, 7) is 5.05. The highest BCUT2D eigenvalue weighted by Gasteiger charge is 2.22. The Morgan fingerprint density at radius 1 is 0.967 bits per heavy atom. The second kappa shape index (κ2) is 8.98. The third-order valence-electron chi connectivity index (χ3n) is 5.31. The molecule has 1 aromatic heterocycles. The SMILES string of the molecule is COc1ccc(OC)c(CN2CCOc3c(cc(-c4ccc(C)s4)cc3OC)C2)c1. The molecule has 5 nitrogen and oxygen atoms in total. The van der Waals surface area contributed by atoms with E-state index in [0.717, 1.165) is 59.3 Å². The van der Waals surface area contributed by atoms with E-state index in [1.807, 2.05) is 18.2 Å².